The standard InChI is InChI=1S/C29H27NO3/c1-4-32-24-19-13-12-18-23(24)27-25(29(31)33-5-2)20(3)30-28(22-16-10-7-11-17-22)26(27)21-14-8-6-9-15-21/h6-19H,4-5H2,1-3H3. The minimum absolute atomic E-state index is 0.284. The molecule has 4 aromatic rings. The van der Waals surface area contributed by atoms with E-state index in [4.69, 9.17) is 14.5 Å². The first-order chi connectivity index (χ1) is 16.2. The first-order valence-corrected chi connectivity index (χ1v) is 11.2. The van der Waals surface area contributed by atoms with Crippen LogP contribution in [-0.4, -0.2) is 24.2 Å². The minimum Gasteiger partial charge on any atom is -0.493 e. The zero-order valence-corrected chi connectivity index (χ0v) is 19.2. The van der Waals surface area contributed by atoms with Gasteiger partial charge in [0.1, 0.15) is 5.75 Å². The number of para-hydroxylation sites is 1. The van der Waals surface area contributed by atoms with E-state index in [2.05, 4.69) is 0 Å². The van der Waals surface area contributed by atoms with Crippen molar-refractivity contribution in [3.63, 3.8) is 0 Å². The third-order valence-electron chi connectivity index (χ3n) is 5.42. The van der Waals surface area contributed by atoms with Crippen LogP contribution in [0, 0.1) is 6.92 Å². The lowest BCUT2D eigenvalue weighted by atomic mass is 9.86. The van der Waals surface area contributed by atoms with Crippen molar-refractivity contribution in [2.45, 2.75) is 20.8 Å². The molecule has 4 rings (SSSR count). The van der Waals surface area contributed by atoms with Crippen LogP contribution < -0.4 is 4.74 Å². The van der Waals surface area contributed by atoms with E-state index in [-0.39, 0.29) is 12.6 Å². The highest BCUT2D eigenvalue weighted by Crippen LogP contribution is 2.45. The number of benzene rings is 3. The number of aryl methyl sites for hydroxylation is 1. The van der Waals surface area contributed by atoms with Gasteiger partial charge in [-0.1, -0.05) is 78.9 Å². The molecule has 0 aliphatic rings. The van der Waals surface area contributed by atoms with E-state index >= 15 is 0 Å². The summed E-state index contributed by atoms with van der Waals surface area (Å²) in [5.74, 6) is 0.327. The summed E-state index contributed by atoms with van der Waals surface area (Å²) in [5, 5.41) is 0. The quantitative estimate of drug-likeness (QED) is 0.293. The summed E-state index contributed by atoms with van der Waals surface area (Å²) in [6.45, 7) is 6.42. The fourth-order valence-corrected chi connectivity index (χ4v) is 4.07. The Balaban J connectivity index is 2.18. The molecular formula is C29H27NO3. The molecule has 0 fully saturated rings. The summed E-state index contributed by atoms with van der Waals surface area (Å²) < 4.78 is 11.5. The summed E-state index contributed by atoms with van der Waals surface area (Å²) in [6.07, 6.45) is 0. The topological polar surface area (TPSA) is 48.4 Å². The van der Waals surface area contributed by atoms with Crippen LogP contribution in [0.3, 0.4) is 0 Å². The van der Waals surface area contributed by atoms with Gasteiger partial charge in [-0.15, -0.1) is 0 Å². The van der Waals surface area contributed by atoms with Crippen molar-refractivity contribution in [3.8, 4) is 39.3 Å². The minimum atomic E-state index is -0.388. The van der Waals surface area contributed by atoms with Crippen LogP contribution in [-0.2, 0) is 4.74 Å². The molecule has 0 saturated carbocycles. The van der Waals surface area contributed by atoms with E-state index in [1.54, 1.807) is 0 Å². The number of hydrogen-bond acceptors (Lipinski definition) is 4. The number of pyridine rings is 1. The first kappa shape index (κ1) is 22.3. The van der Waals surface area contributed by atoms with Crippen molar-refractivity contribution in [1.82, 2.24) is 4.98 Å². The second-order valence-corrected chi connectivity index (χ2v) is 7.55. The zero-order valence-electron chi connectivity index (χ0n) is 19.2. The van der Waals surface area contributed by atoms with Crippen molar-refractivity contribution in [1.29, 1.82) is 0 Å². The molecule has 4 heteroatoms. The highest BCUT2D eigenvalue weighted by molar-refractivity contribution is 6.06. The number of rotatable bonds is 7. The number of hydrogen-bond donors (Lipinski definition) is 0. The number of ether oxygens (including phenoxy) is 2. The maximum atomic E-state index is 13.3. The van der Waals surface area contributed by atoms with Crippen LogP contribution in [0.5, 0.6) is 5.75 Å². The van der Waals surface area contributed by atoms with E-state index in [0.717, 1.165) is 33.5 Å². The monoisotopic (exact) mass is 437 g/mol. The average molecular weight is 438 g/mol. The number of nitrogens with zero attached hydrogens (tertiary/aromatic N) is 1. The Morgan fingerprint density at radius 1 is 0.758 bits per heavy atom. The second kappa shape index (κ2) is 10.1. The van der Waals surface area contributed by atoms with Gasteiger partial charge in [-0.3, -0.25) is 4.98 Å². The van der Waals surface area contributed by atoms with Gasteiger partial charge in [0.05, 0.1) is 30.2 Å². The lowest BCUT2D eigenvalue weighted by Crippen LogP contribution is -2.13. The van der Waals surface area contributed by atoms with E-state index in [9.17, 15) is 4.79 Å². The summed E-state index contributed by atoms with van der Waals surface area (Å²) >= 11 is 0. The number of carbonyl (C=O) groups excluding carboxylic acids is 1. The maximum absolute atomic E-state index is 13.3. The fraction of sp³-hybridized carbons (Fsp3) is 0.172. The smallest absolute Gasteiger partial charge is 0.340 e. The van der Waals surface area contributed by atoms with Gasteiger partial charge in [0.15, 0.2) is 0 Å². The van der Waals surface area contributed by atoms with Gasteiger partial charge in [-0.05, 0) is 32.4 Å². The Hall–Kier alpha value is -3.92. The molecule has 0 aliphatic heterocycles. The number of aromatic nitrogens is 1. The molecule has 1 heterocycles. The molecule has 0 unspecified atom stereocenters. The average Bonchev–Trinajstić information content (AvgIpc) is 2.85. The van der Waals surface area contributed by atoms with Crippen molar-refractivity contribution in [2.24, 2.45) is 0 Å². The third-order valence-corrected chi connectivity index (χ3v) is 5.42. The SMILES string of the molecule is CCOC(=O)c1c(C)nc(-c2ccccc2)c(-c2ccccc2)c1-c1ccccc1OCC. The van der Waals surface area contributed by atoms with Crippen molar-refractivity contribution in [2.75, 3.05) is 13.2 Å². The van der Waals surface area contributed by atoms with Crippen LogP contribution in [0.25, 0.3) is 33.5 Å². The lowest BCUT2D eigenvalue weighted by molar-refractivity contribution is 0.0526. The van der Waals surface area contributed by atoms with Crippen molar-refractivity contribution in [3.05, 3.63) is 96.2 Å². The van der Waals surface area contributed by atoms with Gasteiger partial charge in [0.2, 0.25) is 0 Å². The molecule has 3 aromatic carbocycles. The van der Waals surface area contributed by atoms with Gasteiger partial charge in [-0.25, -0.2) is 4.79 Å². The molecule has 33 heavy (non-hydrogen) atoms. The van der Waals surface area contributed by atoms with Crippen LogP contribution in [0.15, 0.2) is 84.9 Å². The van der Waals surface area contributed by atoms with E-state index in [0.29, 0.717) is 23.6 Å². The number of carbonyl (C=O) groups is 1. The molecule has 0 atom stereocenters. The Kier molecular flexibility index (Phi) is 6.84. The fourth-order valence-electron chi connectivity index (χ4n) is 4.07. The Morgan fingerprint density at radius 2 is 1.36 bits per heavy atom. The van der Waals surface area contributed by atoms with Crippen LogP contribution in [0.2, 0.25) is 0 Å². The summed E-state index contributed by atoms with van der Waals surface area (Å²) in [5.41, 5.74) is 6.33. The predicted octanol–water partition coefficient (Wildman–Crippen LogP) is 6.97. The highest BCUT2D eigenvalue weighted by Gasteiger charge is 2.27. The van der Waals surface area contributed by atoms with Gasteiger partial charge >= 0.3 is 5.97 Å². The van der Waals surface area contributed by atoms with Gasteiger partial charge in [-0.2, -0.15) is 0 Å². The lowest BCUT2D eigenvalue weighted by Gasteiger charge is -2.22. The van der Waals surface area contributed by atoms with Crippen molar-refractivity contribution < 1.29 is 14.3 Å². The molecule has 166 valence electrons. The van der Waals surface area contributed by atoms with Crippen LogP contribution in [0.1, 0.15) is 29.9 Å². The zero-order chi connectivity index (χ0) is 23.2. The first-order valence-electron chi connectivity index (χ1n) is 11.2. The maximum Gasteiger partial charge on any atom is 0.340 e. The van der Waals surface area contributed by atoms with E-state index in [1.807, 2.05) is 106 Å². The third kappa shape index (κ3) is 4.51. The Labute approximate surface area is 194 Å². The molecule has 0 amide bonds. The Bertz CT molecular complexity index is 1250. The molecule has 0 spiro atoms. The molecule has 0 N–H and O–H groups in total. The van der Waals surface area contributed by atoms with Crippen molar-refractivity contribution >= 4 is 5.97 Å². The highest BCUT2D eigenvalue weighted by atomic mass is 16.5. The van der Waals surface area contributed by atoms with Gasteiger partial charge < -0.3 is 9.47 Å². The number of esters is 1. The molecule has 1 aromatic heterocycles. The molecular weight excluding hydrogens is 410 g/mol. The normalized spacial score (nSPS) is 10.6. The molecule has 4 nitrogen and oxygen atoms in total. The summed E-state index contributed by atoms with van der Waals surface area (Å²) in [6, 6.07) is 27.9. The predicted molar refractivity (Wildman–Crippen MR) is 132 cm³/mol. The molecule has 0 saturated heterocycles. The Morgan fingerprint density at radius 3 is 2.00 bits per heavy atom. The van der Waals surface area contributed by atoms with E-state index in [1.165, 1.54) is 0 Å². The largest absolute Gasteiger partial charge is 0.493 e. The van der Waals surface area contributed by atoms with E-state index < -0.39 is 0 Å². The van der Waals surface area contributed by atoms with Gasteiger partial charge in [0.25, 0.3) is 0 Å². The van der Waals surface area contributed by atoms with Gasteiger partial charge in [0, 0.05) is 22.3 Å². The second-order valence-electron chi connectivity index (χ2n) is 7.55. The molecule has 0 radical (unpaired) electrons. The molecule has 0 bridgehead atoms. The van der Waals surface area contributed by atoms with Crippen LogP contribution >= 0.6 is 0 Å². The molecule has 0 aliphatic carbocycles. The summed E-state index contributed by atoms with van der Waals surface area (Å²) in [7, 11) is 0. The summed E-state index contributed by atoms with van der Waals surface area (Å²) in [4.78, 5) is 18.2. The van der Waals surface area contributed by atoms with Crippen LogP contribution in [0.4, 0.5) is 0 Å².